The average molecular weight is 485 g/mol. The zero-order chi connectivity index (χ0) is 25.5. The molecule has 7 heteroatoms. The van der Waals surface area contributed by atoms with Gasteiger partial charge in [-0.15, -0.1) is 5.10 Å². The van der Waals surface area contributed by atoms with Crippen LogP contribution in [0.1, 0.15) is 135 Å². The minimum absolute atomic E-state index is 0.231. The number of benzene rings is 1. The highest BCUT2D eigenvalue weighted by molar-refractivity contribution is 5.99. The quantitative estimate of drug-likeness (QED) is 0.221. The van der Waals surface area contributed by atoms with Gasteiger partial charge in [-0.25, -0.2) is 4.79 Å². The standard InChI is InChI=1S/C28H48N6O/c1-6-7-8-9-10-11-12-13-14-15-16-17-21-34-32-27(31-33-34)30-28(35)29-26-24(22(2)3)19-18-20-25(26)23(4)5/h18-20,22-23H,6-17,21H2,1-5H3,(H2,29,30,32,35). The lowest BCUT2D eigenvalue weighted by Crippen LogP contribution is -2.22. The van der Waals surface area contributed by atoms with E-state index in [2.05, 4.69) is 78.9 Å². The van der Waals surface area contributed by atoms with E-state index in [1.807, 2.05) is 0 Å². The Bertz CT molecular complexity index is 835. The third kappa shape index (κ3) is 10.8. The molecule has 0 fully saturated rings. The second-order valence-corrected chi connectivity index (χ2v) is 10.3. The van der Waals surface area contributed by atoms with Gasteiger partial charge in [0.2, 0.25) is 0 Å². The fourth-order valence-electron chi connectivity index (χ4n) is 4.42. The molecule has 0 aliphatic carbocycles. The molecule has 35 heavy (non-hydrogen) atoms. The van der Waals surface area contributed by atoms with E-state index in [0.717, 1.165) is 29.8 Å². The highest BCUT2D eigenvalue weighted by Gasteiger charge is 2.17. The third-order valence-electron chi connectivity index (χ3n) is 6.50. The number of para-hydroxylation sites is 1. The van der Waals surface area contributed by atoms with Crippen LogP contribution in [-0.4, -0.2) is 26.2 Å². The Balaban J connectivity index is 1.67. The molecular weight excluding hydrogens is 436 g/mol. The highest BCUT2D eigenvalue weighted by atomic mass is 16.2. The molecular formula is C28H48N6O. The van der Waals surface area contributed by atoms with Crippen LogP contribution in [-0.2, 0) is 6.54 Å². The number of aryl methyl sites for hydroxylation is 1. The molecule has 2 amide bonds. The average Bonchev–Trinajstić information content (AvgIpc) is 3.26. The van der Waals surface area contributed by atoms with Crippen LogP contribution < -0.4 is 10.6 Å². The van der Waals surface area contributed by atoms with Crippen molar-refractivity contribution in [1.29, 1.82) is 0 Å². The number of anilines is 2. The Morgan fingerprint density at radius 3 is 1.83 bits per heavy atom. The van der Waals surface area contributed by atoms with E-state index in [1.165, 1.54) is 70.6 Å². The number of amides is 2. The third-order valence-corrected chi connectivity index (χ3v) is 6.50. The van der Waals surface area contributed by atoms with Crippen LogP contribution in [0.3, 0.4) is 0 Å². The molecule has 1 aromatic carbocycles. The molecule has 196 valence electrons. The van der Waals surface area contributed by atoms with Crippen LogP contribution in [0.5, 0.6) is 0 Å². The molecule has 1 heterocycles. The Labute approximate surface area is 212 Å². The summed E-state index contributed by atoms with van der Waals surface area (Å²) >= 11 is 0. The number of hydrogen-bond acceptors (Lipinski definition) is 4. The number of urea groups is 1. The molecule has 1 aromatic heterocycles. The monoisotopic (exact) mass is 484 g/mol. The zero-order valence-corrected chi connectivity index (χ0v) is 22.8. The number of hydrogen-bond donors (Lipinski definition) is 2. The van der Waals surface area contributed by atoms with Crippen molar-refractivity contribution in [2.75, 3.05) is 10.6 Å². The van der Waals surface area contributed by atoms with Crippen LogP contribution >= 0.6 is 0 Å². The van der Waals surface area contributed by atoms with Crippen LogP contribution in [0.25, 0.3) is 0 Å². The van der Waals surface area contributed by atoms with Crippen molar-refractivity contribution in [3.8, 4) is 0 Å². The van der Waals surface area contributed by atoms with Gasteiger partial charge >= 0.3 is 6.03 Å². The van der Waals surface area contributed by atoms with Crippen molar-refractivity contribution in [2.45, 2.75) is 130 Å². The van der Waals surface area contributed by atoms with Gasteiger partial charge in [0.25, 0.3) is 5.95 Å². The summed E-state index contributed by atoms with van der Waals surface area (Å²) in [7, 11) is 0. The number of aromatic nitrogens is 4. The molecule has 0 bridgehead atoms. The minimum Gasteiger partial charge on any atom is -0.307 e. The van der Waals surface area contributed by atoms with Crippen LogP contribution in [0, 0.1) is 0 Å². The molecule has 0 saturated carbocycles. The van der Waals surface area contributed by atoms with Gasteiger partial charge in [0, 0.05) is 5.69 Å². The van der Waals surface area contributed by atoms with Gasteiger partial charge in [-0.2, -0.15) is 4.80 Å². The Hall–Kier alpha value is -2.44. The van der Waals surface area contributed by atoms with Crippen molar-refractivity contribution in [2.24, 2.45) is 0 Å². The summed E-state index contributed by atoms with van der Waals surface area (Å²) in [5.74, 6) is 0.840. The Morgan fingerprint density at radius 1 is 0.800 bits per heavy atom. The maximum Gasteiger partial charge on any atom is 0.326 e. The maximum absolute atomic E-state index is 12.7. The largest absolute Gasteiger partial charge is 0.326 e. The van der Waals surface area contributed by atoms with E-state index >= 15 is 0 Å². The number of carbonyl (C=O) groups is 1. The number of tetrazole rings is 1. The van der Waals surface area contributed by atoms with Gasteiger partial charge in [0.05, 0.1) is 6.54 Å². The molecule has 2 aromatic rings. The van der Waals surface area contributed by atoms with Crippen molar-refractivity contribution < 1.29 is 4.79 Å². The first-order chi connectivity index (χ1) is 16.9. The molecule has 0 aliphatic rings. The van der Waals surface area contributed by atoms with Gasteiger partial charge in [-0.1, -0.05) is 129 Å². The molecule has 0 unspecified atom stereocenters. The van der Waals surface area contributed by atoms with Crippen molar-refractivity contribution >= 4 is 17.7 Å². The smallest absolute Gasteiger partial charge is 0.307 e. The van der Waals surface area contributed by atoms with Gasteiger partial charge in [0.1, 0.15) is 0 Å². The van der Waals surface area contributed by atoms with Gasteiger partial charge in [-0.3, -0.25) is 5.32 Å². The summed E-state index contributed by atoms with van der Waals surface area (Å²) < 4.78 is 0. The predicted octanol–water partition coefficient (Wildman–Crippen LogP) is 8.27. The molecule has 0 atom stereocenters. The van der Waals surface area contributed by atoms with Crippen molar-refractivity contribution in [3.05, 3.63) is 29.3 Å². The predicted molar refractivity (Wildman–Crippen MR) is 146 cm³/mol. The number of rotatable bonds is 17. The summed E-state index contributed by atoms with van der Waals surface area (Å²) in [6.45, 7) is 11.5. The number of carbonyl (C=O) groups excluding carboxylic acids is 1. The molecule has 2 N–H and O–H groups in total. The Kier molecular flexibility index (Phi) is 13.4. The summed E-state index contributed by atoms with van der Waals surface area (Å²) in [5.41, 5.74) is 3.11. The Morgan fingerprint density at radius 2 is 1.31 bits per heavy atom. The summed E-state index contributed by atoms with van der Waals surface area (Å²) in [4.78, 5) is 14.3. The second kappa shape index (κ2) is 16.3. The van der Waals surface area contributed by atoms with E-state index in [0.29, 0.717) is 11.8 Å². The summed E-state index contributed by atoms with van der Waals surface area (Å²) in [6, 6.07) is 5.84. The van der Waals surface area contributed by atoms with Crippen LogP contribution in [0.4, 0.5) is 16.4 Å². The van der Waals surface area contributed by atoms with Crippen molar-refractivity contribution in [1.82, 2.24) is 20.2 Å². The van der Waals surface area contributed by atoms with E-state index in [1.54, 1.807) is 4.80 Å². The maximum atomic E-state index is 12.7. The van der Waals surface area contributed by atoms with E-state index < -0.39 is 0 Å². The lowest BCUT2D eigenvalue weighted by Gasteiger charge is -2.20. The van der Waals surface area contributed by atoms with E-state index in [9.17, 15) is 4.79 Å². The van der Waals surface area contributed by atoms with Crippen molar-refractivity contribution in [3.63, 3.8) is 0 Å². The number of nitrogens with zero attached hydrogens (tertiary/aromatic N) is 4. The topological polar surface area (TPSA) is 84.7 Å². The molecule has 0 aliphatic heterocycles. The summed E-state index contributed by atoms with van der Waals surface area (Å²) in [6.07, 6.45) is 15.8. The highest BCUT2D eigenvalue weighted by Crippen LogP contribution is 2.32. The first-order valence-corrected chi connectivity index (χ1v) is 13.9. The van der Waals surface area contributed by atoms with E-state index in [4.69, 9.17) is 0 Å². The molecule has 7 nitrogen and oxygen atoms in total. The fourth-order valence-corrected chi connectivity index (χ4v) is 4.42. The molecule has 2 rings (SSSR count). The van der Waals surface area contributed by atoms with E-state index in [-0.39, 0.29) is 12.0 Å². The normalized spacial score (nSPS) is 11.4. The lowest BCUT2D eigenvalue weighted by atomic mass is 9.93. The number of unbranched alkanes of at least 4 members (excludes halogenated alkanes) is 11. The summed E-state index contributed by atoms with van der Waals surface area (Å²) in [5, 5.41) is 18.2. The molecule has 0 radical (unpaired) electrons. The first-order valence-electron chi connectivity index (χ1n) is 13.9. The van der Waals surface area contributed by atoms with Gasteiger partial charge in [0.15, 0.2) is 0 Å². The molecule has 0 spiro atoms. The SMILES string of the molecule is CCCCCCCCCCCCCCn1nnc(NC(=O)Nc2c(C(C)C)cccc2C(C)C)n1. The molecule has 0 saturated heterocycles. The minimum atomic E-state index is -0.343. The fraction of sp³-hybridized carbons (Fsp3) is 0.714. The van der Waals surface area contributed by atoms with Gasteiger partial charge in [-0.05, 0) is 34.6 Å². The zero-order valence-electron chi connectivity index (χ0n) is 22.8. The van der Waals surface area contributed by atoms with Gasteiger partial charge < -0.3 is 5.32 Å². The number of nitrogens with one attached hydrogen (secondary N) is 2. The first kappa shape index (κ1) is 28.8. The lowest BCUT2D eigenvalue weighted by molar-refractivity contribution is 0.262. The van der Waals surface area contributed by atoms with Crippen LogP contribution in [0.2, 0.25) is 0 Å². The van der Waals surface area contributed by atoms with Crippen LogP contribution in [0.15, 0.2) is 18.2 Å². The second-order valence-electron chi connectivity index (χ2n) is 10.3.